The van der Waals surface area contributed by atoms with Crippen molar-refractivity contribution >= 4 is 23.6 Å². The molecule has 2 amide bonds. The largest absolute Gasteiger partial charge is 0.467 e. The highest BCUT2D eigenvalue weighted by molar-refractivity contribution is 5.91. The maximum atomic E-state index is 13.7. The topological polar surface area (TPSA) is 143 Å². The number of benzene rings is 1. The van der Waals surface area contributed by atoms with Crippen LogP contribution in [0.2, 0.25) is 0 Å². The van der Waals surface area contributed by atoms with Gasteiger partial charge in [-0.05, 0) is 50.5 Å². The Balaban J connectivity index is 1.15. The zero-order chi connectivity index (χ0) is 32.8. The quantitative estimate of drug-likeness (QED) is 0.192. The molecule has 2 aliphatic rings. The Morgan fingerprint density at radius 3 is 2.21 bits per heavy atom. The van der Waals surface area contributed by atoms with Gasteiger partial charge in [0.15, 0.2) is 5.82 Å². The smallest absolute Gasteiger partial charge is 0.421 e. The fourth-order valence-corrected chi connectivity index (χ4v) is 5.64. The van der Waals surface area contributed by atoms with Gasteiger partial charge in [-0.25, -0.2) is 24.7 Å². The third kappa shape index (κ3) is 7.84. The number of nitrogens with one attached hydrogen (secondary N) is 3. The van der Waals surface area contributed by atoms with Crippen molar-refractivity contribution in [2.75, 3.05) is 22.6 Å². The van der Waals surface area contributed by atoms with Gasteiger partial charge in [0.1, 0.15) is 11.4 Å². The van der Waals surface area contributed by atoms with E-state index in [1.807, 2.05) is 30.3 Å². The molecule has 4 aromatic rings. The van der Waals surface area contributed by atoms with Gasteiger partial charge < -0.3 is 20.7 Å². The molecule has 0 spiro atoms. The van der Waals surface area contributed by atoms with Crippen LogP contribution in [0.3, 0.4) is 0 Å². The molecule has 3 aromatic heterocycles. The lowest BCUT2D eigenvalue weighted by molar-refractivity contribution is -0.137. The highest BCUT2D eigenvalue weighted by Gasteiger charge is 2.37. The van der Waals surface area contributed by atoms with Crippen molar-refractivity contribution in [3.05, 3.63) is 72.4 Å². The Morgan fingerprint density at radius 1 is 0.872 bits per heavy atom. The summed E-state index contributed by atoms with van der Waals surface area (Å²) >= 11 is 0. The molecule has 47 heavy (non-hydrogen) atoms. The van der Waals surface area contributed by atoms with Crippen LogP contribution in [0, 0.1) is 0 Å². The van der Waals surface area contributed by atoms with Gasteiger partial charge in [-0.3, -0.25) is 9.88 Å². The van der Waals surface area contributed by atoms with Crippen LogP contribution >= 0.6 is 0 Å². The lowest BCUT2D eigenvalue weighted by Crippen LogP contribution is -2.49. The number of nitrogens with zero attached hydrogens (tertiary/aromatic N) is 7. The lowest BCUT2D eigenvalue weighted by Gasteiger charge is -2.36. The highest BCUT2D eigenvalue weighted by Crippen LogP contribution is 2.36. The minimum Gasteiger partial charge on any atom is -0.467 e. The van der Waals surface area contributed by atoms with Crippen LogP contribution in [-0.4, -0.2) is 61.2 Å². The number of carbonyl (C=O) groups excluding carboxylic acids is 1. The summed E-state index contributed by atoms with van der Waals surface area (Å²) in [5.41, 5.74) is 1.27. The number of hydrogen-bond donors (Lipinski definition) is 3. The van der Waals surface area contributed by atoms with Crippen molar-refractivity contribution in [3.63, 3.8) is 0 Å². The molecule has 0 saturated heterocycles. The molecule has 15 heteroatoms. The zero-order valence-electron chi connectivity index (χ0n) is 25.7. The van der Waals surface area contributed by atoms with Gasteiger partial charge in [0, 0.05) is 48.8 Å². The number of rotatable bonds is 10. The first-order chi connectivity index (χ1) is 22.8. The Labute approximate surface area is 269 Å². The standard InChI is InChI=1S/C32H35F3N10O2/c1-47-30-39-15-21(16-40-30)26-18-37-27(19-36-26)45(31(46)41-14-20-6-3-2-4-7-20)24-12-10-23(11-13-24)43-29-38-17-25(32(33,34)35)28(44-29)42-22-8-5-9-22/h2-4,6-7,15-19,22-24H,5,8-14H2,1H3,(H,41,46)(H2,38,42,43,44)/t23-,24-. The molecule has 2 fully saturated rings. The summed E-state index contributed by atoms with van der Waals surface area (Å²) in [4.78, 5) is 40.9. The number of anilines is 3. The molecule has 2 saturated carbocycles. The van der Waals surface area contributed by atoms with E-state index in [0.717, 1.165) is 31.0 Å². The van der Waals surface area contributed by atoms with Gasteiger partial charge in [0.05, 0.1) is 25.2 Å². The predicted molar refractivity (Wildman–Crippen MR) is 169 cm³/mol. The van der Waals surface area contributed by atoms with E-state index in [1.165, 1.54) is 7.11 Å². The van der Waals surface area contributed by atoms with E-state index >= 15 is 0 Å². The molecular weight excluding hydrogens is 613 g/mol. The van der Waals surface area contributed by atoms with E-state index in [4.69, 9.17) is 4.74 Å². The predicted octanol–water partition coefficient (Wildman–Crippen LogP) is 5.85. The summed E-state index contributed by atoms with van der Waals surface area (Å²) in [6, 6.07) is 9.23. The van der Waals surface area contributed by atoms with E-state index in [1.54, 1.807) is 29.7 Å². The average Bonchev–Trinajstić information content (AvgIpc) is 3.07. The van der Waals surface area contributed by atoms with Crippen molar-refractivity contribution in [1.82, 2.24) is 35.2 Å². The van der Waals surface area contributed by atoms with E-state index in [2.05, 4.69) is 45.9 Å². The number of halogens is 3. The van der Waals surface area contributed by atoms with Crippen LogP contribution in [0.4, 0.5) is 35.5 Å². The number of urea groups is 1. The van der Waals surface area contributed by atoms with Crippen molar-refractivity contribution in [3.8, 4) is 17.3 Å². The van der Waals surface area contributed by atoms with Crippen LogP contribution in [0.15, 0.2) is 61.3 Å². The maximum Gasteiger partial charge on any atom is 0.421 e. The summed E-state index contributed by atoms with van der Waals surface area (Å²) in [5.74, 6) is 0.338. The highest BCUT2D eigenvalue weighted by atomic mass is 19.4. The summed E-state index contributed by atoms with van der Waals surface area (Å²) < 4.78 is 45.9. The second kappa shape index (κ2) is 14.1. The summed E-state index contributed by atoms with van der Waals surface area (Å²) in [7, 11) is 1.48. The molecular formula is C32H35F3N10O2. The number of ether oxygens (including phenoxy) is 1. The SMILES string of the molecule is COc1ncc(-c2cnc(N(C(=O)NCc3ccccc3)[C@H]3CC[C@H](Nc4ncc(C(F)(F)F)c(NC5CCC5)n4)CC3)cn2)cn1. The molecule has 0 unspecified atom stereocenters. The number of amides is 2. The van der Waals surface area contributed by atoms with Crippen molar-refractivity contribution in [2.24, 2.45) is 0 Å². The van der Waals surface area contributed by atoms with Crippen molar-refractivity contribution in [1.29, 1.82) is 0 Å². The van der Waals surface area contributed by atoms with Gasteiger partial charge in [0.25, 0.3) is 0 Å². The van der Waals surface area contributed by atoms with E-state index < -0.39 is 11.7 Å². The first-order valence-corrected chi connectivity index (χ1v) is 15.5. The third-order valence-corrected chi connectivity index (χ3v) is 8.43. The number of aromatic nitrogens is 6. The molecule has 1 aromatic carbocycles. The summed E-state index contributed by atoms with van der Waals surface area (Å²) in [5, 5.41) is 9.16. The molecule has 246 valence electrons. The zero-order valence-corrected chi connectivity index (χ0v) is 25.7. The minimum absolute atomic E-state index is 0.0185. The summed E-state index contributed by atoms with van der Waals surface area (Å²) in [6.07, 6.45) is 7.67. The van der Waals surface area contributed by atoms with Crippen molar-refractivity contribution < 1.29 is 22.7 Å². The molecule has 0 atom stereocenters. The lowest BCUT2D eigenvalue weighted by atomic mass is 9.90. The Kier molecular flexibility index (Phi) is 9.59. The van der Waals surface area contributed by atoms with Crippen LogP contribution < -0.4 is 25.6 Å². The second-order valence-corrected chi connectivity index (χ2v) is 11.6. The third-order valence-electron chi connectivity index (χ3n) is 8.43. The fraction of sp³-hybridized carbons (Fsp3) is 0.406. The fourth-order valence-electron chi connectivity index (χ4n) is 5.64. The molecule has 12 nitrogen and oxygen atoms in total. The van der Waals surface area contributed by atoms with Crippen LogP contribution in [-0.2, 0) is 12.7 Å². The van der Waals surface area contributed by atoms with E-state index in [0.29, 0.717) is 49.3 Å². The first-order valence-electron chi connectivity index (χ1n) is 15.5. The molecule has 0 aliphatic heterocycles. The van der Waals surface area contributed by atoms with Gasteiger partial charge in [-0.1, -0.05) is 30.3 Å². The van der Waals surface area contributed by atoms with Gasteiger partial charge in [-0.15, -0.1) is 0 Å². The van der Waals surface area contributed by atoms with Gasteiger partial charge in [0.2, 0.25) is 5.95 Å². The number of carbonyl (C=O) groups is 1. The number of hydrogen-bond acceptors (Lipinski definition) is 10. The number of alkyl halides is 3. The van der Waals surface area contributed by atoms with Crippen LogP contribution in [0.5, 0.6) is 6.01 Å². The molecule has 3 heterocycles. The van der Waals surface area contributed by atoms with Gasteiger partial charge in [-0.2, -0.15) is 18.2 Å². The minimum atomic E-state index is -4.56. The Hall–Kier alpha value is -5.08. The average molecular weight is 649 g/mol. The molecule has 3 N–H and O–H groups in total. The van der Waals surface area contributed by atoms with Crippen LogP contribution in [0.1, 0.15) is 56.1 Å². The summed E-state index contributed by atoms with van der Waals surface area (Å²) in [6.45, 7) is 0.338. The molecule has 6 rings (SSSR count). The second-order valence-electron chi connectivity index (χ2n) is 11.6. The normalized spacial score (nSPS) is 18.1. The maximum absolute atomic E-state index is 13.7. The Morgan fingerprint density at radius 2 is 1.60 bits per heavy atom. The number of methoxy groups -OCH3 is 1. The van der Waals surface area contributed by atoms with E-state index in [9.17, 15) is 18.0 Å². The molecule has 0 radical (unpaired) electrons. The molecule has 0 bridgehead atoms. The monoisotopic (exact) mass is 648 g/mol. The Bertz CT molecular complexity index is 1630. The van der Waals surface area contributed by atoms with Crippen molar-refractivity contribution in [2.45, 2.75) is 75.8 Å². The van der Waals surface area contributed by atoms with Gasteiger partial charge >= 0.3 is 18.2 Å². The first kappa shape index (κ1) is 31.9. The molecule has 2 aliphatic carbocycles. The van der Waals surface area contributed by atoms with E-state index in [-0.39, 0.29) is 41.9 Å². The van der Waals surface area contributed by atoms with Crippen LogP contribution in [0.25, 0.3) is 11.3 Å².